The molecule has 1 aliphatic rings. The third-order valence-corrected chi connectivity index (χ3v) is 3.06. The highest BCUT2D eigenvalue weighted by Gasteiger charge is 2.37. The van der Waals surface area contributed by atoms with E-state index in [9.17, 15) is 15.0 Å². The Morgan fingerprint density at radius 3 is 2.72 bits per heavy atom. The first kappa shape index (κ1) is 12.9. The normalized spacial score (nSPS) is 27.1. The maximum atomic E-state index is 11.0. The molecule has 0 radical (unpaired) electrons. The van der Waals surface area contributed by atoms with Gasteiger partial charge in [0, 0.05) is 13.5 Å². The summed E-state index contributed by atoms with van der Waals surface area (Å²) in [6, 6.07) is 6.75. The number of hydrogen-bond acceptors (Lipinski definition) is 5. The fraction of sp³-hybridized carbons (Fsp3) is 0.462. The number of aliphatic hydroxyl groups is 1. The van der Waals surface area contributed by atoms with Gasteiger partial charge in [-0.05, 0) is 24.1 Å². The lowest BCUT2D eigenvalue weighted by Crippen LogP contribution is -2.38. The van der Waals surface area contributed by atoms with Gasteiger partial charge in [0.25, 0.3) is 0 Å². The maximum absolute atomic E-state index is 11.0. The van der Waals surface area contributed by atoms with Crippen LogP contribution in [0.2, 0.25) is 0 Å². The van der Waals surface area contributed by atoms with E-state index in [4.69, 9.17) is 4.74 Å². The van der Waals surface area contributed by atoms with Gasteiger partial charge < -0.3 is 20.3 Å². The van der Waals surface area contributed by atoms with Gasteiger partial charge in [0.2, 0.25) is 0 Å². The lowest BCUT2D eigenvalue weighted by atomic mass is 10.0. The Hall–Kier alpha value is -1.59. The summed E-state index contributed by atoms with van der Waals surface area (Å²) in [6.07, 6.45) is -0.553. The molecule has 1 fully saturated rings. The van der Waals surface area contributed by atoms with Gasteiger partial charge in [-0.25, -0.2) is 0 Å². The fourth-order valence-electron chi connectivity index (χ4n) is 2.20. The molecule has 0 aliphatic carbocycles. The zero-order chi connectivity index (χ0) is 13.1. The topological polar surface area (TPSA) is 78.8 Å². The predicted octanol–water partition coefficient (Wildman–Crippen LogP) is 0.199. The lowest BCUT2D eigenvalue weighted by Gasteiger charge is -2.21. The highest BCUT2D eigenvalue weighted by Crippen LogP contribution is 2.18. The van der Waals surface area contributed by atoms with Crippen LogP contribution in [0, 0.1) is 0 Å². The van der Waals surface area contributed by atoms with Crippen LogP contribution in [0.3, 0.4) is 0 Å². The maximum Gasteiger partial charge on any atom is 0.303 e. The monoisotopic (exact) mass is 251 g/mol. The highest BCUT2D eigenvalue weighted by atomic mass is 16.6. The summed E-state index contributed by atoms with van der Waals surface area (Å²) in [5, 5.41) is 22.1. The minimum Gasteiger partial charge on any atom is -0.508 e. The van der Waals surface area contributed by atoms with Gasteiger partial charge in [-0.2, -0.15) is 0 Å². The largest absolute Gasteiger partial charge is 0.508 e. The molecule has 1 aliphatic heterocycles. The molecule has 0 saturated carbocycles. The molecule has 0 amide bonds. The number of phenolic OH excluding ortho intramolecular Hbond substituents is 1. The van der Waals surface area contributed by atoms with Crippen molar-refractivity contribution in [1.82, 2.24) is 5.32 Å². The van der Waals surface area contributed by atoms with Gasteiger partial charge in [-0.15, -0.1) is 0 Å². The van der Waals surface area contributed by atoms with E-state index in [1.807, 2.05) is 12.1 Å². The fourth-order valence-corrected chi connectivity index (χ4v) is 2.20. The number of β-amino-alcohol motifs (C(OH)–C–C–N with tert-alkyl or cyclic N) is 1. The number of rotatable bonds is 3. The van der Waals surface area contributed by atoms with Gasteiger partial charge in [-0.3, -0.25) is 4.79 Å². The van der Waals surface area contributed by atoms with E-state index < -0.39 is 18.2 Å². The second-order valence-corrected chi connectivity index (χ2v) is 4.53. The Kier molecular flexibility index (Phi) is 3.84. The molecule has 2 rings (SSSR count). The van der Waals surface area contributed by atoms with Crippen molar-refractivity contribution in [2.45, 2.75) is 31.6 Å². The van der Waals surface area contributed by atoms with Crippen molar-refractivity contribution in [1.29, 1.82) is 0 Å². The van der Waals surface area contributed by atoms with Crippen LogP contribution in [0.15, 0.2) is 24.3 Å². The molecule has 1 aromatic rings. The standard InChI is InChI=1S/C13H17NO4/c1-8(15)18-13-11(14-7-12(13)17)6-9-2-4-10(16)5-3-9/h2-5,11-14,16-17H,6-7H2,1H3. The lowest BCUT2D eigenvalue weighted by molar-refractivity contribution is -0.151. The van der Waals surface area contributed by atoms with Crippen LogP contribution in [0.25, 0.3) is 0 Å². The first-order valence-corrected chi connectivity index (χ1v) is 5.93. The number of hydrogen-bond donors (Lipinski definition) is 3. The zero-order valence-electron chi connectivity index (χ0n) is 10.2. The Morgan fingerprint density at radius 2 is 2.11 bits per heavy atom. The van der Waals surface area contributed by atoms with Crippen LogP contribution in [0.4, 0.5) is 0 Å². The van der Waals surface area contributed by atoms with Crippen LogP contribution < -0.4 is 5.32 Å². The summed E-state index contributed by atoms with van der Waals surface area (Å²) in [5.41, 5.74) is 1.01. The molecule has 1 saturated heterocycles. The number of aromatic hydroxyl groups is 1. The first-order valence-electron chi connectivity index (χ1n) is 5.93. The summed E-state index contributed by atoms with van der Waals surface area (Å²) in [7, 11) is 0. The molecule has 0 aromatic heterocycles. The highest BCUT2D eigenvalue weighted by molar-refractivity contribution is 5.66. The average molecular weight is 251 g/mol. The minimum absolute atomic E-state index is 0.103. The molecular formula is C13H17NO4. The summed E-state index contributed by atoms with van der Waals surface area (Å²) >= 11 is 0. The number of esters is 1. The van der Waals surface area contributed by atoms with Crippen LogP contribution in [-0.4, -0.2) is 41.0 Å². The third-order valence-electron chi connectivity index (χ3n) is 3.06. The molecular weight excluding hydrogens is 234 g/mol. The van der Waals surface area contributed by atoms with E-state index in [0.29, 0.717) is 13.0 Å². The van der Waals surface area contributed by atoms with E-state index in [1.165, 1.54) is 6.92 Å². The van der Waals surface area contributed by atoms with Crippen LogP contribution >= 0.6 is 0 Å². The second kappa shape index (κ2) is 5.37. The smallest absolute Gasteiger partial charge is 0.303 e. The van der Waals surface area contributed by atoms with Crippen molar-refractivity contribution < 1.29 is 19.7 Å². The molecule has 3 N–H and O–H groups in total. The molecule has 18 heavy (non-hydrogen) atoms. The number of benzene rings is 1. The Labute approximate surface area is 105 Å². The van der Waals surface area contributed by atoms with Gasteiger partial charge >= 0.3 is 5.97 Å². The van der Waals surface area contributed by atoms with Crippen molar-refractivity contribution in [3.05, 3.63) is 29.8 Å². The van der Waals surface area contributed by atoms with E-state index in [-0.39, 0.29) is 11.8 Å². The Balaban J connectivity index is 2.03. The first-order chi connectivity index (χ1) is 8.56. The predicted molar refractivity (Wildman–Crippen MR) is 65.2 cm³/mol. The van der Waals surface area contributed by atoms with Crippen molar-refractivity contribution in [3.8, 4) is 5.75 Å². The van der Waals surface area contributed by atoms with Crippen molar-refractivity contribution >= 4 is 5.97 Å². The van der Waals surface area contributed by atoms with Gasteiger partial charge in [-0.1, -0.05) is 12.1 Å². The van der Waals surface area contributed by atoms with E-state index in [1.54, 1.807) is 12.1 Å². The van der Waals surface area contributed by atoms with Gasteiger partial charge in [0.1, 0.15) is 18.0 Å². The molecule has 3 atom stereocenters. The molecule has 0 spiro atoms. The number of nitrogens with one attached hydrogen (secondary N) is 1. The molecule has 1 aromatic carbocycles. The van der Waals surface area contributed by atoms with E-state index >= 15 is 0 Å². The van der Waals surface area contributed by atoms with Crippen molar-refractivity contribution in [2.24, 2.45) is 0 Å². The number of ether oxygens (including phenoxy) is 1. The summed E-state index contributed by atoms with van der Waals surface area (Å²) in [6.45, 7) is 1.75. The number of aliphatic hydroxyl groups excluding tert-OH is 1. The summed E-state index contributed by atoms with van der Waals surface area (Å²) in [5.74, 6) is -0.173. The Morgan fingerprint density at radius 1 is 1.44 bits per heavy atom. The summed E-state index contributed by atoms with van der Waals surface area (Å²) < 4.78 is 5.13. The van der Waals surface area contributed by atoms with Crippen LogP contribution in [0.5, 0.6) is 5.75 Å². The molecule has 5 nitrogen and oxygen atoms in total. The zero-order valence-corrected chi connectivity index (χ0v) is 10.2. The molecule has 3 unspecified atom stereocenters. The molecule has 5 heteroatoms. The van der Waals surface area contributed by atoms with Crippen LogP contribution in [-0.2, 0) is 16.0 Å². The number of carbonyl (C=O) groups excluding carboxylic acids is 1. The quantitative estimate of drug-likeness (QED) is 0.669. The van der Waals surface area contributed by atoms with E-state index in [0.717, 1.165) is 5.56 Å². The third kappa shape index (κ3) is 3.00. The van der Waals surface area contributed by atoms with Crippen molar-refractivity contribution in [2.75, 3.05) is 6.54 Å². The molecule has 1 heterocycles. The number of carbonyl (C=O) groups is 1. The second-order valence-electron chi connectivity index (χ2n) is 4.53. The summed E-state index contributed by atoms with van der Waals surface area (Å²) in [4.78, 5) is 11.0. The van der Waals surface area contributed by atoms with Crippen LogP contribution in [0.1, 0.15) is 12.5 Å². The minimum atomic E-state index is -0.670. The SMILES string of the molecule is CC(=O)OC1C(O)CNC1Cc1ccc(O)cc1. The molecule has 98 valence electrons. The van der Waals surface area contributed by atoms with E-state index in [2.05, 4.69) is 5.32 Å². The molecule has 0 bridgehead atoms. The van der Waals surface area contributed by atoms with Crippen molar-refractivity contribution in [3.63, 3.8) is 0 Å². The van der Waals surface area contributed by atoms with Gasteiger partial charge in [0.15, 0.2) is 0 Å². The van der Waals surface area contributed by atoms with Gasteiger partial charge in [0.05, 0.1) is 6.04 Å². The number of phenols is 1. The Bertz CT molecular complexity index is 418. The average Bonchev–Trinajstić information content (AvgIpc) is 2.64.